The second-order valence-electron chi connectivity index (χ2n) is 10.5. The lowest BCUT2D eigenvalue weighted by atomic mass is 10.1. The number of hydrogen-bond acceptors (Lipinski definition) is 4. The van der Waals surface area contributed by atoms with Crippen LogP contribution in [-0.2, 0) is 17.6 Å². The van der Waals surface area contributed by atoms with Crippen LogP contribution in [0.4, 0.5) is 16.2 Å². The predicted octanol–water partition coefficient (Wildman–Crippen LogP) is 6.42. The average molecular weight is 470 g/mol. The molecule has 0 saturated carbocycles. The van der Waals surface area contributed by atoms with Crippen molar-refractivity contribution >= 4 is 17.5 Å². The Hall–Kier alpha value is -3.47. The molecule has 0 atom stereocenters. The first kappa shape index (κ1) is 23.3. The molecule has 2 aliphatic heterocycles. The maximum absolute atomic E-state index is 13.1. The molecule has 0 saturated heterocycles. The van der Waals surface area contributed by atoms with Gasteiger partial charge >= 0.3 is 6.09 Å². The highest BCUT2D eigenvalue weighted by Gasteiger charge is 2.30. The van der Waals surface area contributed by atoms with Crippen molar-refractivity contribution in [3.8, 4) is 0 Å². The summed E-state index contributed by atoms with van der Waals surface area (Å²) in [4.78, 5) is 19.4. The number of amides is 1. The van der Waals surface area contributed by atoms with Gasteiger partial charge in [0.15, 0.2) is 0 Å². The molecule has 1 aliphatic carbocycles. The molecular weight excluding hydrogens is 434 g/mol. The van der Waals surface area contributed by atoms with E-state index >= 15 is 0 Å². The Morgan fingerprint density at radius 1 is 0.886 bits per heavy atom. The largest absolute Gasteiger partial charge is 0.443 e. The molecular formula is C30H35N3O2. The Morgan fingerprint density at radius 3 is 2.14 bits per heavy atom. The second-order valence-corrected chi connectivity index (χ2v) is 10.5. The van der Waals surface area contributed by atoms with Crippen LogP contribution in [0.3, 0.4) is 0 Å². The highest BCUT2D eigenvalue weighted by Crippen LogP contribution is 2.38. The summed E-state index contributed by atoms with van der Waals surface area (Å²) in [5.41, 5.74) is 8.06. The number of nitrogens with zero attached hydrogens (tertiary/aromatic N) is 3. The highest BCUT2D eigenvalue weighted by molar-refractivity contribution is 5.73. The van der Waals surface area contributed by atoms with Gasteiger partial charge in [-0.2, -0.15) is 0 Å². The molecule has 2 aromatic rings. The molecule has 2 heterocycles. The Bertz CT molecular complexity index is 1220. The van der Waals surface area contributed by atoms with Crippen molar-refractivity contribution in [2.24, 2.45) is 0 Å². The molecule has 1 amide bonds. The fraction of sp³-hybridized carbons (Fsp3) is 0.367. The van der Waals surface area contributed by atoms with E-state index in [1.54, 1.807) is 4.90 Å². The number of fused-ring (bicyclic) bond motifs is 2. The first-order valence-corrected chi connectivity index (χ1v) is 12.6. The van der Waals surface area contributed by atoms with Gasteiger partial charge in [0.1, 0.15) is 5.60 Å². The van der Waals surface area contributed by atoms with Crippen LogP contribution in [0.5, 0.6) is 0 Å². The van der Waals surface area contributed by atoms with Gasteiger partial charge in [-0.3, -0.25) is 4.90 Å². The standard InChI is InChI=1S/C30H35N3O2/c1-30(2,3)35-29(34)31(4)28-24(17-19-32-18-15-22-9-5-7-11-26(22)32)13-14-25(28)21-33-20-16-23-10-6-8-12-27(23)33/h5-12,17,19,21H,13-16,18,20H2,1-4H3/b19-17?,25-21+. The molecule has 0 unspecified atom stereocenters. The molecule has 5 heteroatoms. The lowest BCUT2D eigenvalue weighted by Crippen LogP contribution is -2.34. The highest BCUT2D eigenvalue weighted by atomic mass is 16.6. The number of rotatable bonds is 4. The van der Waals surface area contributed by atoms with E-state index in [1.807, 2.05) is 27.8 Å². The molecule has 0 N–H and O–H groups in total. The van der Waals surface area contributed by atoms with Crippen molar-refractivity contribution in [1.82, 2.24) is 4.90 Å². The van der Waals surface area contributed by atoms with Crippen LogP contribution in [0.25, 0.3) is 0 Å². The number of carbonyl (C=O) groups is 1. The van der Waals surface area contributed by atoms with Crippen LogP contribution in [0.2, 0.25) is 0 Å². The van der Waals surface area contributed by atoms with Gasteiger partial charge in [-0.05, 0) is 86.9 Å². The van der Waals surface area contributed by atoms with Gasteiger partial charge < -0.3 is 14.5 Å². The molecule has 0 bridgehead atoms. The minimum Gasteiger partial charge on any atom is -0.443 e. The molecule has 0 spiro atoms. The molecule has 0 radical (unpaired) electrons. The Balaban J connectivity index is 1.48. The van der Waals surface area contributed by atoms with Gasteiger partial charge in [0.05, 0.1) is 5.70 Å². The third-order valence-corrected chi connectivity index (χ3v) is 6.89. The fourth-order valence-corrected chi connectivity index (χ4v) is 5.24. The fourth-order valence-electron chi connectivity index (χ4n) is 5.24. The number of para-hydroxylation sites is 2. The van der Waals surface area contributed by atoms with Gasteiger partial charge in [-0.15, -0.1) is 0 Å². The Morgan fingerprint density at radius 2 is 1.49 bits per heavy atom. The Kier molecular flexibility index (Phi) is 6.18. The quantitative estimate of drug-likeness (QED) is 0.517. The normalized spacial score (nSPS) is 18.6. The molecule has 0 fully saturated rings. The zero-order valence-electron chi connectivity index (χ0n) is 21.3. The van der Waals surface area contributed by atoms with Crippen LogP contribution in [0.1, 0.15) is 44.7 Å². The molecule has 35 heavy (non-hydrogen) atoms. The summed E-state index contributed by atoms with van der Waals surface area (Å²) in [6.07, 6.45) is 10.2. The van der Waals surface area contributed by atoms with E-state index in [4.69, 9.17) is 4.74 Å². The van der Waals surface area contributed by atoms with E-state index < -0.39 is 5.60 Å². The first-order valence-electron chi connectivity index (χ1n) is 12.6. The number of carbonyl (C=O) groups excluding carboxylic acids is 1. The van der Waals surface area contributed by atoms with Crippen LogP contribution < -0.4 is 9.80 Å². The zero-order chi connectivity index (χ0) is 24.6. The monoisotopic (exact) mass is 469 g/mol. The third-order valence-electron chi connectivity index (χ3n) is 6.89. The van der Waals surface area contributed by atoms with E-state index in [2.05, 4.69) is 76.8 Å². The first-order chi connectivity index (χ1) is 16.8. The lowest BCUT2D eigenvalue weighted by Gasteiger charge is -2.27. The number of allylic oxidation sites excluding steroid dienone is 3. The van der Waals surface area contributed by atoms with Gasteiger partial charge in [-0.25, -0.2) is 4.79 Å². The SMILES string of the molecule is CN(C(=O)OC(C)(C)C)C1=C(C=CN2CCc3ccccc32)CC/C1=C\N1CCc2ccccc21. The lowest BCUT2D eigenvalue weighted by molar-refractivity contribution is 0.0356. The number of ether oxygens (including phenoxy) is 1. The van der Waals surface area contributed by atoms with E-state index in [-0.39, 0.29) is 6.09 Å². The number of likely N-dealkylation sites (N-methyl/N-ethyl adjacent to an activating group) is 1. The van der Waals surface area contributed by atoms with Crippen molar-refractivity contribution in [3.05, 3.63) is 95.0 Å². The van der Waals surface area contributed by atoms with Gasteiger partial charge in [0.25, 0.3) is 0 Å². The van der Waals surface area contributed by atoms with Crippen molar-refractivity contribution in [3.63, 3.8) is 0 Å². The van der Waals surface area contributed by atoms with Crippen molar-refractivity contribution < 1.29 is 9.53 Å². The van der Waals surface area contributed by atoms with E-state index in [0.717, 1.165) is 44.5 Å². The zero-order valence-corrected chi connectivity index (χ0v) is 21.3. The Labute approximate surface area is 209 Å². The van der Waals surface area contributed by atoms with E-state index in [1.165, 1.54) is 33.6 Å². The molecule has 0 aromatic heterocycles. The molecule has 3 aliphatic rings. The third kappa shape index (κ3) is 4.86. The summed E-state index contributed by atoms with van der Waals surface area (Å²) >= 11 is 0. The van der Waals surface area contributed by atoms with Crippen molar-refractivity contribution in [1.29, 1.82) is 0 Å². The summed E-state index contributed by atoms with van der Waals surface area (Å²) in [6.45, 7) is 7.66. The van der Waals surface area contributed by atoms with Crippen LogP contribution in [0, 0.1) is 0 Å². The summed E-state index contributed by atoms with van der Waals surface area (Å²) < 4.78 is 5.74. The minimum atomic E-state index is -0.544. The topological polar surface area (TPSA) is 36.0 Å². The van der Waals surface area contributed by atoms with E-state index in [0.29, 0.717) is 0 Å². The maximum atomic E-state index is 13.1. The minimum absolute atomic E-state index is 0.320. The van der Waals surface area contributed by atoms with E-state index in [9.17, 15) is 4.79 Å². The summed E-state index contributed by atoms with van der Waals surface area (Å²) in [5, 5.41) is 0. The predicted molar refractivity (Wildman–Crippen MR) is 142 cm³/mol. The molecule has 5 rings (SSSR count). The van der Waals surface area contributed by atoms with Gasteiger partial charge in [0, 0.05) is 43.9 Å². The summed E-state index contributed by atoms with van der Waals surface area (Å²) in [5.74, 6) is 0. The van der Waals surface area contributed by atoms with Crippen LogP contribution in [-0.4, -0.2) is 36.7 Å². The molecule has 5 nitrogen and oxygen atoms in total. The van der Waals surface area contributed by atoms with Crippen molar-refractivity contribution in [2.45, 2.75) is 52.1 Å². The van der Waals surface area contributed by atoms with Crippen LogP contribution in [0.15, 0.2) is 83.9 Å². The number of hydrogen-bond donors (Lipinski definition) is 0. The number of anilines is 2. The summed E-state index contributed by atoms with van der Waals surface area (Å²) in [7, 11) is 1.83. The van der Waals surface area contributed by atoms with Gasteiger partial charge in [0.2, 0.25) is 0 Å². The number of benzene rings is 2. The van der Waals surface area contributed by atoms with Crippen molar-refractivity contribution in [2.75, 3.05) is 29.9 Å². The van der Waals surface area contributed by atoms with Crippen LogP contribution >= 0.6 is 0 Å². The van der Waals surface area contributed by atoms with Gasteiger partial charge in [-0.1, -0.05) is 36.4 Å². The molecule has 182 valence electrons. The maximum Gasteiger partial charge on any atom is 0.414 e. The average Bonchev–Trinajstić information content (AvgIpc) is 3.54. The smallest absolute Gasteiger partial charge is 0.414 e. The summed E-state index contributed by atoms with van der Waals surface area (Å²) in [6, 6.07) is 17.2. The second kappa shape index (κ2) is 9.29. The molecule has 2 aromatic carbocycles.